The van der Waals surface area contributed by atoms with E-state index >= 15 is 0 Å². The van der Waals surface area contributed by atoms with Gasteiger partial charge >= 0.3 is 0 Å². The van der Waals surface area contributed by atoms with E-state index in [1.165, 1.54) is 0 Å². The topological polar surface area (TPSA) is 50.4 Å². The van der Waals surface area contributed by atoms with Gasteiger partial charge in [-0.15, -0.1) is 0 Å². The second-order valence-corrected chi connectivity index (χ2v) is 6.52. The van der Waals surface area contributed by atoms with Gasteiger partial charge in [0.1, 0.15) is 5.75 Å². The number of nitrogens with zero attached hydrogens (tertiary/aromatic N) is 3. The van der Waals surface area contributed by atoms with Crippen molar-refractivity contribution in [1.82, 2.24) is 14.6 Å². The van der Waals surface area contributed by atoms with E-state index in [1.54, 1.807) is 10.6 Å². The maximum absolute atomic E-state index is 10.4. The molecule has 0 amide bonds. The van der Waals surface area contributed by atoms with Crippen LogP contribution in [0.3, 0.4) is 0 Å². The first-order chi connectivity index (χ1) is 11.6. The summed E-state index contributed by atoms with van der Waals surface area (Å²) in [6, 6.07) is 17.3. The minimum absolute atomic E-state index is 0.205. The maximum atomic E-state index is 10.4. The summed E-state index contributed by atoms with van der Waals surface area (Å²) in [5.74, 6) is 0.205. The number of benzene rings is 2. The Morgan fingerprint density at radius 2 is 1.79 bits per heavy atom. The molecule has 0 atom stereocenters. The fourth-order valence-corrected chi connectivity index (χ4v) is 3.20. The SMILES string of the molecule is Cc1cc2ncc(-c3ccccc3)c(-c3cc(Br)ccc3O)n2n1. The fraction of sp³-hybridized carbons (Fsp3) is 0.0526. The summed E-state index contributed by atoms with van der Waals surface area (Å²) >= 11 is 3.49. The molecule has 4 rings (SSSR count). The zero-order valence-electron chi connectivity index (χ0n) is 12.9. The van der Waals surface area contributed by atoms with E-state index in [9.17, 15) is 5.11 Å². The molecular weight excluding hydrogens is 366 g/mol. The van der Waals surface area contributed by atoms with Crippen LogP contribution < -0.4 is 0 Å². The molecule has 4 aromatic rings. The van der Waals surface area contributed by atoms with Crippen molar-refractivity contribution >= 4 is 21.6 Å². The molecular formula is C19H14BrN3O. The number of phenolic OH excluding ortho intramolecular Hbond substituents is 1. The quantitative estimate of drug-likeness (QED) is 0.542. The van der Waals surface area contributed by atoms with Crippen molar-refractivity contribution in [2.45, 2.75) is 6.92 Å². The lowest BCUT2D eigenvalue weighted by atomic mass is 10.00. The molecule has 5 heteroatoms. The van der Waals surface area contributed by atoms with Gasteiger partial charge in [-0.25, -0.2) is 9.50 Å². The number of rotatable bonds is 2. The van der Waals surface area contributed by atoms with Crippen molar-refractivity contribution in [2.24, 2.45) is 0 Å². The Hall–Kier alpha value is -2.66. The molecule has 0 aliphatic carbocycles. The van der Waals surface area contributed by atoms with Gasteiger partial charge in [0.05, 0.1) is 11.4 Å². The molecule has 0 saturated heterocycles. The molecule has 118 valence electrons. The highest BCUT2D eigenvalue weighted by Crippen LogP contribution is 2.38. The first kappa shape index (κ1) is 14.9. The molecule has 0 unspecified atom stereocenters. The summed E-state index contributed by atoms with van der Waals surface area (Å²) in [7, 11) is 0. The molecule has 1 N–H and O–H groups in total. The largest absolute Gasteiger partial charge is 0.507 e. The van der Waals surface area contributed by atoms with Crippen LogP contribution in [-0.2, 0) is 0 Å². The first-order valence-corrected chi connectivity index (χ1v) is 8.32. The van der Waals surface area contributed by atoms with Gasteiger partial charge in [0, 0.05) is 27.9 Å². The van der Waals surface area contributed by atoms with E-state index in [4.69, 9.17) is 0 Å². The Morgan fingerprint density at radius 1 is 1.00 bits per heavy atom. The molecule has 0 saturated carbocycles. The molecule has 4 nitrogen and oxygen atoms in total. The Labute approximate surface area is 147 Å². The number of phenols is 1. The fourth-order valence-electron chi connectivity index (χ4n) is 2.83. The number of aromatic nitrogens is 3. The highest BCUT2D eigenvalue weighted by Gasteiger charge is 2.17. The Morgan fingerprint density at radius 3 is 2.58 bits per heavy atom. The summed E-state index contributed by atoms with van der Waals surface area (Å²) in [4.78, 5) is 4.52. The third-order valence-corrected chi connectivity index (χ3v) is 4.40. The molecule has 2 heterocycles. The Balaban J connectivity index is 2.12. The second kappa shape index (κ2) is 5.76. The van der Waals surface area contributed by atoms with Crippen LogP contribution in [0.25, 0.3) is 28.0 Å². The van der Waals surface area contributed by atoms with Crippen LogP contribution in [0.2, 0.25) is 0 Å². The average molecular weight is 380 g/mol. The van der Waals surface area contributed by atoms with E-state index in [-0.39, 0.29) is 5.75 Å². The summed E-state index contributed by atoms with van der Waals surface area (Å²) in [5.41, 5.74) is 5.09. The molecule has 0 aliphatic heterocycles. The van der Waals surface area contributed by atoms with Gasteiger partial charge in [-0.3, -0.25) is 0 Å². The van der Waals surface area contributed by atoms with Gasteiger partial charge in [-0.1, -0.05) is 46.3 Å². The zero-order valence-corrected chi connectivity index (χ0v) is 14.5. The summed E-state index contributed by atoms with van der Waals surface area (Å²) in [6.07, 6.45) is 1.83. The standard InChI is InChI=1S/C19H14BrN3O/c1-12-9-18-21-11-16(13-5-3-2-4-6-13)19(23(18)22-12)15-10-14(20)7-8-17(15)24/h2-11,24H,1H3. The third kappa shape index (κ3) is 2.47. The van der Waals surface area contributed by atoms with Crippen molar-refractivity contribution in [1.29, 1.82) is 0 Å². The zero-order chi connectivity index (χ0) is 16.7. The first-order valence-electron chi connectivity index (χ1n) is 7.53. The molecule has 0 radical (unpaired) electrons. The normalized spacial score (nSPS) is 11.1. The van der Waals surface area contributed by atoms with Crippen molar-refractivity contribution in [2.75, 3.05) is 0 Å². The number of hydrogen-bond donors (Lipinski definition) is 1. The molecule has 0 fully saturated rings. The van der Waals surface area contributed by atoms with Gasteiger partial charge in [0.25, 0.3) is 0 Å². The van der Waals surface area contributed by atoms with Crippen molar-refractivity contribution in [3.63, 3.8) is 0 Å². The minimum atomic E-state index is 0.205. The van der Waals surface area contributed by atoms with Gasteiger partial charge < -0.3 is 5.11 Å². The lowest BCUT2D eigenvalue weighted by Crippen LogP contribution is -2.00. The van der Waals surface area contributed by atoms with Gasteiger partial charge in [0.15, 0.2) is 5.65 Å². The van der Waals surface area contributed by atoms with Crippen LogP contribution >= 0.6 is 15.9 Å². The minimum Gasteiger partial charge on any atom is -0.507 e. The summed E-state index contributed by atoms with van der Waals surface area (Å²) in [6.45, 7) is 1.93. The van der Waals surface area contributed by atoms with E-state index in [0.29, 0.717) is 5.56 Å². The van der Waals surface area contributed by atoms with Crippen LogP contribution in [0.1, 0.15) is 5.69 Å². The molecule has 2 aromatic carbocycles. The van der Waals surface area contributed by atoms with Crippen LogP contribution in [0, 0.1) is 6.92 Å². The van der Waals surface area contributed by atoms with Crippen LogP contribution in [0.5, 0.6) is 5.75 Å². The molecule has 0 bridgehead atoms. The number of halogens is 1. The maximum Gasteiger partial charge on any atom is 0.155 e. The van der Waals surface area contributed by atoms with E-state index in [2.05, 4.69) is 26.0 Å². The van der Waals surface area contributed by atoms with Gasteiger partial charge in [-0.05, 0) is 30.7 Å². The predicted octanol–water partition coefficient (Wildman–Crippen LogP) is 4.84. The van der Waals surface area contributed by atoms with Crippen LogP contribution in [0.4, 0.5) is 0 Å². The van der Waals surface area contributed by atoms with E-state index in [1.807, 2.05) is 61.7 Å². The summed E-state index contributed by atoms with van der Waals surface area (Å²) in [5, 5.41) is 15.0. The monoisotopic (exact) mass is 379 g/mol. The number of hydrogen-bond acceptors (Lipinski definition) is 3. The Bertz CT molecular complexity index is 1040. The van der Waals surface area contributed by atoms with Crippen LogP contribution in [0.15, 0.2) is 65.3 Å². The Kier molecular flexibility index (Phi) is 3.58. The highest BCUT2D eigenvalue weighted by molar-refractivity contribution is 9.10. The predicted molar refractivity (Wildman–Crippen MR) is 98.0 cm³/mol. The highest BCUT2D eigenvalue weighted by atomic mass is 79.9. The van der Waals surface area contributed by atoms with Crippen molar-refractivity contribution in [3.05, 3.63) is 71.0 Å². The van der Waals surface area contributed by atoms with Gasteiger partial charge in [0.2, 0.25) is 0 Å². The number of aromatic hydroxyl groups is 1. The van der Waals surface area contributed by atoms with Crippen molar-refractivity contribution < 1.29 is 5.11 Å². The number of fused-ring (bicyclic) bond motifs is 1. The lowest BCUT2D eigenvalue weighted by molar-refractivity contribution is 0.477. The molecule has 0 spiro atoms. The summed E-state index contributed by atoms with van der Waals surface area (Å²) < 4.78 is 2.68. The lowest BCUT2D eigenvalue weighted by Gasteiger charge is -2.13. The third-order valence-electron chi connectivity index (χ3n) is 3.90. The molecule has 0 aliphatic rings. The van der Waals surface area contributed by atoms with Crippen molar-refractivity contribution in [3.8, 4) is 28.1 Å². The molecule has 2 aromatic heterocycles. The smallest absolute Gasteiger partial charge is 0.155 e. The van der Waals surface area contributed by atoms with Crippen LogP contribution in [-0.4, -0.2) is 19.7 Å². The van der Waals surface area contributed by atoms with Gasteiger partial charge in [-0.2, -0.15) is 5.10 Å². The average Bonchev–Trinajstić information content (AvgIpc) is 2.97. The van der Waals surface area contributed by atoms with E-state index in [0.717, 1.165) is 32.6 Å². The number of aryl methyl sites for hydroxylation is 1. The van der Waals surface area contributed by atoms with E-state index < -0.39 is 0 Å². The molecule has 24 heavy (non-hydrogen) atoms. The second-order valence-electron chi connectivity index (χ2n) is 5.60.